The second-order valence-electron chi connectivity index (χ2n) is 7.01. The quantitative estimate of drug-likeness (QED) is 0.867. The van der Waals surface area contributed by atoms with E-state index in [-0.39, 0.29) is 12.4 Å². The minimum absolute atomic E-state index is 0. The summed E-state index contributed by atoms with van der Waals surface area (Å²) in [7, 11) is 0. The van der Waals surface area contributed by atoms with Gasteiger partial charge in [-0.05, 0) is 43.4 Å². The molecule has 1 amide bonds. The molecule has 0 aromatic carbocycles. The molecule has 20 heavy (non-hydrogen) atoms. The van der Waals surface area contributed by atoms with Crippen molar-refractivity contribution in [2.24, 2.45) is 23.5 Å². The number of fused-ring (bicyclic) bond motifs is 1. The Bertz CT molecular complexity index is 330. The van der Waals surface area contributed by atoms with Gasteiger partial charge in [0, 0.05) is 25.6 Å². The maximum Gasteiger partial charge on any atom is 0.222 e. The Morgan fingerprint density at radius 1 is 1.10 bits per heavy atom. The summed E-state index contributed by atoms with van der Waals surface area (Å²) in [5.74, 6) is 2.60. The molecule has 1 heterocycles. The van der Waals surface area contributed by atoms with Gasteiger partial charge in [-0.25, -0.2) is 0 Å². The molecule has 0 aromatic heterocycles. The number of rotatable bonds is 4. The van der Waals surface area contributed by atoms with Gasteiger partial charge in [0.15, 0.2) is 0 Å². The Balaban J connectivity index is 0.00000147. The molecule has 0 bridgehead atoms. The SMILES string of the molecule is Cl.NC1CCC2CN(C(=O)CCCC3CCCC3)CC12. The predicted octanol–water partition coefficient (Wildman–Crippen LogP) is 2.96. The van der Waals surface area contributed by atoms with Crippen molar-refractivity contribution in [1.29, 1.82) is 0 Å². The maximum atomic E-state index is 12.2. The van der Waals surface area contributed by atoms with Crippen LogP contribution in [0.4, 0.5) is 0 Å². The number of carbonyl (C=O) groups excluding carboxylic acids is 1. The molecule has 2 aliphatic carbocycles. The summed E-state index contributed by atoms with van der Waals surface area (Å²) in [4.78, 5) is 14.3. The van der Waals surface area contributed by atoms with Crippen LogP contribution >= 0.6 is 12.4 Å². The highest BCUT2D eigenvalue weighted by Gasteiger charge is 2.42. The molecule has 3 atom stereocenters. The summed E-state index contributed by atoms with van der Waals surface area (Å²) in [6.45, 7) is 1.93. The Hall–Kier alpha value is -0.280. The van der Waals surface area contributed by atoms with Crippen LogP contribution in [0.15, 0.2) is 0 Å². The van der Waals surface area contributed by atoms with Crippen molar-refractivity contribution >= 4 is 18.3 Å². The maximum absolute atomic E-state index is 12.2. The Kier molecular flexibility index (Phi) is 5.74. The van der Waals surface area contributed by atoms with Crippen LogP contribution in [0.5, 0.6) is 0 Å². The number of hydrogen-bond donors (Lipinski definition) is 1. The van der Waals surface area contributed by atoms with Crippen LogP contribution in [0.3, 0.4) is 0 Å². The Morgan fingerprint density at radius 3 is 2.55 bits per heavy atom. The van der Waals surface area contributed by atoms with Crippen LogP contribution in [0.2, 0.25) is 0 Å². The van der Waals surface area contributed by atoms with E-state index in [0.717, 1.165) is 31.8 Å². The van der Waals surface area contributed by atoms with Gasteiger partial charge in [-0.1, -0.05) is 25.7 Å². The minimum Gasteiger partial charge on any atom is -0.342 e. The third kappa shape index (κ3) is 3.48. The van der Waals surface area contributed by atoms with Crippen molar-refractivity contribution in [2.75, 3.05) is 13.1 Å². The third-order valence-electron chi connectivity index (χ3n) is 5.74. The number of nitrogens with zero attached hydrogens (tertiary/aromatic N) is 1. The van der Waals surface area contributed by atoms with Gasteiger partial charge in [0.25, 0.3) is 0 Å². The smallest absolute Gasteiger partial charge is 0.222 e. The number of hydrogen-bond acceptors (Lipinski definition) is 2. The number of likely N-dealkylation sites (tertiary alicyclic amines) is 1. The molecule has 3 rings (SSSR count). The van der Waals surface area contributed by atoms with Crippen LogP contribution in [0.25, 0.3) is 0 Å². The highest BCUT2D eigenvalue weighted by molar-refractivity contribution is 5.85. The van der Waals surface area contributed by atoms with Crippen molar-refractivity contribution in [3.63, 3.8) is 0 Å². The van der Waals surface area contributed by atoms with E-state index < -0.39 is 0 Å². The molecule has 3 unspecified atom stereocenters. The monoisotopic (exact) mass is 300 g/mol. The molecule has 1 aliphatic heterocycles. The van der Waals surface area contributed by atoms with Crippen LogP contribution in [0.1, 0.15) is 57.8 Å². The first-order chi connectivity index (χ1) is 9.24. The van der Waals surface area contributed by atoms with E-state index in [1.807, 2.05) is 0 Å². The molecule has 2 saturated carbocycles. The fraction of sp³-hybridized carbons (Fsp3) is 0.938. The average Bonchev–Trinajstić information content (AvgIpc) is 3.08. The summed E-state index contributed by atoms with van der Waals surface area (Å²) in [5, 5.41) is 0. The molecular weight excluding hydrogens is 272 g/mol. The molecule has 3 fully saturated rings. The van der Waals surface area contributed by atoms with E-state index in [9.17, 15) is 4.79 Å². The van der Waals surface area contributed by atoms with Gasteiger partial charge in [-0.3, -0.25) is 4.79 Å². The van der Waals surface area contributed by atoms with Gasteiger partial charge in [0.05, 0.1) is 0 Å². The number of amides is 1. The van der Waals surface area contributed by atoms with Crippen LogP contribution in [0, 0.1) is 17.8 Å². The molecule has 0 aromatic rings. The third-order valence-corrected chi connectivity index (χ3v) is 5.74. The van der Waals surface area contributed by atoms with Gasteiger partial charge < -0.3 is 10.6 Å². The zero-order valence-corrected chi connectivity index (χ0v) is 13.2. The van der Waals surface area contributed by atoms with Crippen molar-refractivity contribution in [2.45, 2.75) is 63.8 Å². The molecule has 116 valence electrons. The lowest BCUT2D eigenvalue weighted by molar-refractivity contribution is -0.130. The lowest BCUT2D eigenvalue weighted by Gasteiger charge is -2.19. The fourth-order valence-corrected chi connectivity index (χ4v) is 4.51. The van der Waals surface area contributed by atoms with Crippen molar-refractivity contribution in [1.82, 2.24) is 4.90 Å². The van der Waals surface area contributed by atoms with Crippen LogP contribution < -0.4 is 5.73 Å². The molecular formula is C16H29ClN2O. The van der Waals surface area contributed by atoms with E-state index >= 15 is 0 Å². The molecule has 4 heteroatoms. The highest BCUT2D eigenvalue weighted by atomic mass is 35.5. The van der Waals surface area contributed by atoms with Crippen molar-refractivity contribution < 1.29 is 4.79 Å². The van der Waals surface area contributed by atoms with E-state index in [1.165, 1.54) is 44.9 Å². The average molecular weight is 301 g/mol. The molecule has 0 spiro atoms. The number of nitrogens with two attached hydrogens (primary N) is 1. The van der Waals surface area contributed by atoms with Gasteiger partial charge in [-0.15, -0.1) is 12.4 Å². The van der Waals surface area contributed by atoms with Gasteiger partial charge in [-0.2, -0.15) is 0 Å². The molecule has 3 aliphatic rings. The fourth-order valence-electron chi connectivity index (χ4n) is 4.51. The zero-order chi connectivity index (χ0) is 13.2. The van der Waals surface area contributed by atoms with Crippen molar-refractivity contribution in [3.05, 3.63) is 0 Å². The number of carbonyl (C=O) groups is 1. The van der Waals surface area contributed by atoms with Crippen LogP contribution in [-0.2, 0) is 4.79 Å². The van der Waals surface area contributed by atoms with Gasteiger partial charge >= 0.3 is 0 Å². The highest BCUT2D eigenvalue weighted by Crippen LogP contribution is 2.37. The summed E-state index contributed by atoms with van der Waals surface area (Å²) in [6, 6.07) is 0.348. The first kappa shape index (κ1) is 16.1. The van der Waals surface area contributed by atoms with E-state index in [4.69, 9.17) is 5.73 Å². The van der Waals surface area contributed by atoms with E-state index in [0.29, 0.717) is 23.8 Å². The van der Waals surface area contributed by atoms with Gasteiger partial charge in [0.2, 0.25) is 5.91 Å². The summed E-state index contributed by atoms with van der Waals surface area (Å²) >= 11 is 0. The zero-order valence-electron chi connectivity index (χ0n) is 12.4. The van der Waals surface area contributed by atoms with Crippen LogP contribution in [-0.4, -0.2) is 29.9 Å². The summed E-state index contributed by atoms with van der Waals surface area (Å²) in [6.07, 6.45) is 11.2. The Labute approximate surface area is 129 Å². The molecule has 0 radical (unpaired) electrons. The molecule has 3 nitrogen and oxygen atoms in total. The molecule has 2 N–H and O–H groups in total. The summed E-state index contributed by atoms with van der Waals surface area (Å²) in [5.41, 5.74) is 6.13. The lowest BCUT2D eigenvalue weighted by atomic mass is 9.98. The second-order valence-corrected chi connectivity index (χ2v) is 7.01. The van der Waals surface area contributed by atoms with E-state index in [1.54, 1.807) is 0 Å². The van der Waals surface area contributed by atoms with Gasteiger partial charge in [0.1, 0.15) is 0 Å². The Morgan fingerprint density at radius 2 is 1.85 bits per heavy atom. The number of halogens is 1. The van der Waals surface area contributed by atoms with E-state index in [2.05, 4.69) is 4.90 Å². The summed E-state index contributed by atoms with van der Waals surface area (Å²) < 4.78 is 0. The second kappa shape index (κ2) is 7.13. The standard InChI is InChI=1S/C16H28N2O.ClH/c17-15-9-8-13-10-18(11-14(13)15)16(19)7-3-6-12-4-1-2-5-12;/h12-15H,1-11,17H2;1H. The first-order valence-electron chi connectivity index (χ1n) is 8.27. The largest absolute Gasteiger partial charge is 0.342 e. The minimum atomic E-state index is 0. The molecule has 1 saturated heterocycles. The topological polar surface area (TPSA) is 46.3 Å². The first-order valence-corrected chi connectivity index (χ1v) is 8.27. The lowest BCUT2D eigenvalue weighted by Crippen LogP contribution is -2.33. The normalized spacial score (nSPS) is 33.2. The predicted molar refractivity (Wildman–Crippen MR) is 83.8 cm³/mol. The van der Waals surface area contributed by atoms with Crippen molar-refractivity contribution in [3.8, 4) is 0 Å².